The summed E-state index contributed by atoms with van der Waals surface area (Å²) in [7, 11) is 0. The van der Waals surface area contributed by atoms with Crippen LogP contribution in [0.2, 0.25) is 0 Å². The first-order chi connectivity index (χ1) is 10.1. The van der Waals surface area contributed by atoms with Crippen LogP contribution in [0.4, 0.5) is 0 Å². The Morgan fingerprint density at radius 1 is 1.33 bits per heavy atom. The van der Waals surface area contributed by atoms with Gasteiger partial charge in [0.2, 0.25) is 0 Å². The Bertz CT molecular complexity index is 801. The molecule has 0 aliphatic heterocycles. The van der Waals surface area contributed by atoms with Crippen LogP contribution in [0.5, 0.6) is 0 Å². The summed E-state index contributed by atoms with van der Waals surface area (Å²) < 4.78 is 6.85. The molecule has 0 aliphatic rings. The number of aromatic nitrogens is 3. The third-order valence-corrected chi connectivity index (χ3v) is 3.32. The van der Waals surface area contributed by atoms with Crippen molar-refractivity contribution in [3.8, 4) is 0 Å². The lowest BCUT2D eigenvalue weighted by Crippen LogP contribution is -2.23. The lowest BCUT2D eigenvalue weighted by Gasteiger charge is -2.08. The molecule has 0 saturated carbocycles. The summed E-state index contributed by atoms with van der Waals surface area (Å²) in [5, 5.41) is 3.89. The molecule has 3 aromatic rings. The van der Waals surface area contributed by atoms with Gasteiger partial charge >= 0.3 is 0 Å². The number of rotatable bonds is 3. The molecule has 1 aromatic carbocycles. The number of carbonyl (C=O) groups is 1. The Labute approximate surface area is 121 Å². The van der Waals surface area contributed by atoms with Crippen LogP contribution in [0, 0.1) is 6.92 Å². The smallest absolute Gasteiger partial charge is 0.275 e. The molecule has 0 spiro atoms. The van der Waals surface area contributed by atoms with Crippen LogP contribution in [0.1, 0.15) is 41.6 Å². The van der Waals surface area contributed by atoms with E-state index in [1.165, 1.54) is 0 Å². The van der Waals surface area contributed by atoms with Crippen molar-refractivity contribution in [2.24, 2.45) is 0 Å². The van der Waals surface area contributed by atoms with E-state index in [4.69, 9.17) is 4.52 Å². The molecule has 2 heterocycles. The number of nitrogens with zero attached hydrogens (tertiary/aromatic N) is 3. The molecule has 1 amide bonds. The number of carbonyl (C=O) groups excluding carboxylic acids is 1. The minimum Gasteiger partial charge on any atom is -0.360 e. The van der Waals surface area contributed by atoms with Crippen molar-refractivity contribution in [3.05, 3.63) is 47.6 Å². The second-order valence-corrected chi connectivity index (χ2v) is 5.21. The number of benzene rings is 1. The molecule has 3 rings (SSSR count). The molecule has 6 heteroatoms. The van der Waals surface area contributed by atoms with Crippen LogP contribution < -0.4 is 5.43 Å². The Hall–Kier alpha value is -2.63. The van der Waals surface area contributed by atoms with Crippen molar-refractivity contribution in [1.29, 1.82) is 0 Å². The highest BCUT2D eigenvalue weighted by molar-refractivity contribution is 6.02. The second-order valence-electron chi connectivity index (χ2n) is 5.21. The summed E-state index contributed by atoms with van der Waals surface area (Å²) in [6, 6.07) is 7.59. The SMILES string of the molecule is Cc1noc(C(C)C)c1C(=O)Nn1cnc2ccccc21. The average Bonchev–Trinajstić information content (AvgIpc) is 3.03. The van der Waals surface area contributed by atoms with Crippen LogP contribution in [0.15, 0.2) is 35.1 Å². The molecule has 0 saturated heterocycles. The van der Waals surface area contributed by atoms with Crippen molar-refractivity contribution in [2.75, 3.05) is 5.43 Å². The Morgan fingerprint density at radius 3 is 2.86 bits per heavy atom. The molecule has 0 fully saturated rings. The summed E-state index contributed by atoms with van der Waals surface area (Å²) >= 11 is 0. The summed E-state index contributed by atoms with van der Waals surface area (Å²) in [5.74, 6) is 0.432. The predicted octanol–water partition coefficient (Wildman–Crippen LogP) is 2.84. The van der Waals surface area contributed by atoms with Crippen molar-refractivity contribution in [2.45, 2.75) is 26.7 Å². The quantitative estimate of drug-likeness (QED) is 0.802. The van der Waals surface area contributed by atoms with Gasteiger partial charge in [-0.15, -0.1) is 0 Å². The highest BCUT2D eigenvalue weighted by Gasteiger charge is 2.23. The molecular formula is C15H16N4O2. The number of hydrogen-bond donors (Lipinski definition) is 1. The van der Waals surface area contributed by atoms with E-state index in [1.807, 2.05) is 38.1 Å². The van der Waals surface area contributed by atoms with Crippen LogP contribution in [-0.2, 0) is 0 Å². The molecule has 0 unspecified atom stereocenters. The van der Waals surface area contributed by atoms with Gasteiger partial charge in [-0.25, -0.2) is 9.66 Å². The van der Waals surface area contributed by atoms with E-state index in [-0.39, 0.29) is 11.8 Å². The highest BCUT2D eigenvalue weighted by atomic mass is 16.5. The largest absolute Gasteiger partial charge is 0.360 e. The molecule has 108 valence electrons. The number of imidazole rings is 1. The standard InChI is InChI=1S/C15H16N4O2/c1-9(2)14-13(10(3)18-21-14)15(20)17-19-8-16-11-6-4-5-7-12(11)19/h4-9H,1-3H3,(H,17,20). The fourth-order valence-electron chi connectivity index (χ4n) is 2.27. The van der Waals surface area contributed by atoms with Gasteiger partial charge in [-0.2, -0.15) is 0 Å². The van der Waals surface area contributed by atoms with Crippen LogP contribution in [-0.4, -0.2) is 20.7 Å². The molecule has 0 aliphatic carbocycles. The van der Waals surface area contributed by atoms with E-state index < -0.39 is 0 Å². The fourth-order valence-corrected chi connectivity index (χ4v) is 2.27. The summed E-state index contributed by atoms with van der Waals surface area (Å²) in [6.45, 7) is 5.68. The van der Waals surface area contributed by atoms with Gasteiger partial charge in [0.1, 0.15) is 11.9 Å². The lowest BCUT2D eigenvalue weighted by molar-refractivity contribution is 0.101. The number of para-hydroxylation sites is 2. The monoisotopic (exact) mass is 284 g/mol. The van der Waals surface area contributed by atoms with Gasteiger partial charge < -0.3 is 4.52 Å². The van der Waals surface area contributed by atoms with Gasteiger partial charge in [0.05, 0.1) is 16.7 Å². The number of fused-ring (bicyclic) bond motifs is 1. The molecule has 0 atom stereocenters. The Morgan fingerprint density at radius 2 is 2.10 bits per heavy atom. The predicted molar refractivity (Wildman–Crippen MR) is 78.8 cm³/mol. The molecule has 0 radical (unpaired) electrons. The third kappa shape index (κ3) is 2.29. The van der Waals surface area contributed by atoms with Gasteiger partial charge in [-0.1, -0.05) is 31.1 Å². The van der Waals surface area contributed by atoms with Gasteiger partial charge in [-0.05, 0) is 19.1 Å². The second kappa shape index (κ2) is 5.05. The summed E-state index contributed by atoms with van der Waals surface area (Å²) in [5.41, 5.74) is 5.55. The van der Waals surface area contributed by atoms with Gasteiger partial charge in [0.15, 0.2) is 5.76 Å². The van der Waals surface area contributed by atoms with E-state index in [0.717, 1.165) is 11.0 Å². The van der Waals surface area contributed by atoms with E-state index in [9.17, 15) is 4.79 Å². The van der Waals surface area contributed by atoms with E-state index >= 15 is 0 Å². The van der Waals surface area contributed by atoms with Crippen LogP contribution >= 0.6 is 0 Å². The van der Waals surface area contributed by atoms with E-state index in [0.29, 0.717) is 17.0 Å². The number of amides is 1. The minimum absolute atomic E-state index is 0.0893. The number of nitrogens with one attached hydrogen (secondary N) is 1. The first-order valence-electron chi connectivity index (χ1n) is 6.77. The molecule has 0 bridgehead atoms. The van der Waals surface area contributed by atoms with E-state index in [1.54, 1.807) is 17.9 Å². The van der Waals surface area contributed by atoms with Crippen molar-refractivity contribution >= 4 is 16.9 Å². The maximum Gasteiger partial charge on any atom is 0.275 e. The zero-order valence-electron chi connectivity index (χ0n) is 12.1. The third-order valence-electron chi connectivity index (χ3n) is 3.32. The summed E-state index contributed by atoms with van der Waals surface area (Å²) in [4.78, 5) is 16.7. The number of hydrogen-bond acceptors (Lipinski definition) is 4. The zero-order chi connectivity index (χ0) is 15.0. The van der Waals surface area contributed by atoms with Gasteiger partial charge in [0.25, 0.3) is 5.91 Å². The van der Waals surface area contributed by atoms with Gasteiger partial charge in [0, 0.05) is 5.92 Å². The Balaban J connectivity index is 1.95. The zero-order valence-corrected chi connectivity index (χ0v) is 12.1. The fraction of sp³-hybridized carbons (Fsp3) is 0.267. The van der Waals surface area contributed by atoms with E-state index in [2.05, 4.69) is 15.6 Å². The Kier molecular flexibility index (Phi) is 3.21. The average molecular weight is 284 g/mol. The molecular weight excluding hydrogens is 268 g/mol. The highest BCUT2D eigenvalue weighted by Crippen LogP contribution is 2.22. The van der Waals surface area contributed by atoms with Crippen LogP contribution in [0.25, 0.3) is 11.0 Å². The van der Waals surface area contributed by atoms with Crippen LogP contribution in [0.3, 0.4) is 0 Å². The lowest BCUT2D eigenvalue weighted by atomic mass is 10.0. The molecule has 6 nitrogen and oxygen atoms in total. The molecule has 21 heavy (non-hydrogen) atoms. The van der Waals surface area contributed by atoms with Crippen molar-refractivity contribution in [1.82, 2.24) is 14.8 Å². The molecule has 1 N–H and O–H groups in total. The first-order valence-corrected chi connectivity index (χ1v) is 6.77. The minimum atomic E-state index is -0.249. The first kappa shape index (κ1) is 13.4. The van der Waals surface area contributed by atoms with Crippen molar-refractivity contribution < 1.29 is 9.32 Å². The van der Waals surface area contributed by atoms with Crippen molar-refractivity contribution in [3.63, 3.8) is 0 Å². The van der Waals surface area contributed by atoms with Gasteiger partial charge in [-0.3, -0.25) is 10.2 Å². The summed E-state index contributed by atoms with van der Waals surface area (Å²) in [6.07, 6.45) is 1.58. The maximum atomic E-state index is 12.5. The number of aryl methyl sites for hydroxylation is 1. The normalized spacial score (nSPS) is 11.2. The maximum absolute atomic E-state index is 12.5. The topological polar surface area (TPSA) is 73.0 Å². The molecule has 2 aromatic heterocycles.